The molecule has 3 heteroatoms. The minimum Gasteiger partial charge on any atom is -0.352 e. The summed E-state index contributed by atoms with van der Waals surface area (Å²) in [5.74, 6) is 0.146. The number of carbonyl (C=O) groups excluding carboxylic acids is 2. The second kappa shape index (κ2) is 7.30. The fourth-order valence-corrected chi connectivity index (χ4v) is 1.03. The highest BCUT2D eigenvalue weighted by Gasteiger charge is 1.99. The van der Waals surface area contributed by atoms with Gasteiger partial charge in [0.15, 0.2) is 0 Å². The van der Waals surface area contributed by atoms with Crippen LogP contribution in [0.2, 0.25) is 0 Å². The highest BCUT2D eigenvalue weighted by Crippen LogP contribution is 1.99. The summed E-state index contributed by atoms with van der Waals surface area (Å²) in [7, 11) is 0. The van der Waals surface area contributed by atoms with E-state index in [2.05, 4.69) is 11.9 Å². The van der Waals surface area contributed by atoms with Gasteiger partial charge in [-0.2, -0.15) is 0 Å². The van der Waals surface area contributed by atoms with Crippen LogP contribution in [0.5, 0.6) is 0 Å². The Bertz CT molecular complexity index is 221. The van der Waals surface area contributed by atoms with Crippen molar-refractivity contribution in [3.8, 4) is 0 Å². The van der Waals surface area contributed by atoms with E-state index in [1.54, 1.807) is 13.8 Å². The molecule has 0 spiro atoms. The van der Waals surface area contributed by atoms with E-state index in [9.17, 15) is 9.59 Å². The molecule has 0 aromatic carbocycles. The van der Waals surface area contributed by atoms with Gasteiger partial charge in [-0.1, -0.05) is 13.0 Å². The van der Waals surface area contributed by atoms with Gasteiger partial charge in [-0.15, -0.1) is 0 Å². The molecular weight excluding hydrogens is 178 g/mol. The molecular formula is C11H19NO2. The minimum atomic E-state index is -0.0865. The molecule has 0 aliphatic rings. The van der Waals surface area contributed by atoms with E-state index >= 15 is 0 Å². The lowest BCUT2D eigenvalue weighted by molar-refractivity contribution is -0.118. The summed E-state index contributed by atoms with van der Waals surface area (Å²) >= 11 is 0. The predicted octanol–water partition coefficient (Wildman–Crippen LogP) is 1.83. The van der Waals surface area contributed by atoms with Crippen molar-refractivity contribution in [1.82, 2.24) is 5.32 Å². The Morgan fingerprint density at radius 2 is 1.79 bits per heavy atom. The van der Waals surface area contributed by atoms with Crippen LogP contribution >= 0.6 is 0 Å². The zero-order valence-electron chi connectivity index (χ0n) is 9.06. The Morgan fingerprint density at radius 1 is 1.14 bits per heavy atom. The number of Topliss-reactive ketones (excluding diaryl/α,β-unsaturated/α-hetero) is 1. The molecule has 0 saturated heterocycles. The van der Waals surface area contributed by atoms with Crippen LogP contribution in [0.25, 0.3) is 0 Å². The van der Waals surface area contributed by atoms with Gasteiger partial charge in [0, 0.05) is 18.5 Å². The van der Waals surface area contributed by atoms with Crippen LogP contribution in [-0.4, -0.2) is 18.2 Å². The molecule has 0 aromatic heterocycles. The number of hydrogen-bond acceptors (Lipinski definition) is 2. The lowest BCUT2D eigenvalue weighted by atomic mass is 10.1. The number of amides is 1. The molecule has 0 bridgehead atoms. The first kappa shape index (κ1) is 12.9. The molecule has 1 amide bonds. The zero-order valence-corrected chi connectivity index (χ0v) is 9.06. The third-order valence-corrected chi connectivity index (χ3v) is 1.88. The second-order valence-electron chi connectivity index (χ2n) is 3.55. The average Bonchev–Trinajstić information content (AvgIpc) is 2.09. The van der Waals surface area contributed by atoms with Crippen molar-refractivity contribution < 1.29 is 9.59 Å². The van der Waals surface area contributed by atoms with Crippen molar-refractivity contribution in [2.45, 2.75) is 39.5 Å². The van der Waals surface area contributed by atoms with Crippen LogP contribution in [0.15, 0.2) is 12.2 Å². The van der Waals surface area contributed by atoms with E-state index in [1.807, 2.05) is 0 Å². The minimum absolute atomic E-state index is 0.0865. The molecule has 0 aliphatic heterocycles. The number of ketones is 1. The van der Waals surface area contributed by atoms with Gasteiger partial charge in [0.2, 0.25) is 5.91 Å². The fourth-order valence-electron chi connectivity index (χ4n) is 1.03. The van der Waals surface area contributed by atoms with Crippen LogP contribution in [0, 0.1) is 0 Å². The lowest BCUT2D eigenvalue weighted by Crippen LogP contribution is -2.24. The van der Waals surface area contributed by atoms with Crippen LogP contribution in [0.1, 0.15) is 39.5 Å². The van der Waals surface area contributed by atoms with Gasteiger partial charge in [0.25, 0.3) is 0 Å². The first-order chi connectivity index (χ1) is 6.54. The first-order valence-corrected chi connectivity index (χ1v) is 4.97. The number of nitrogens with one attached hydrogen (secondary N) is 1. The van der Waals surface area contributed by atoms with Crippen molar-refractivity contribution in [3.63, 3.8) is 0 Å². The molecule has 0 aromatic rings. The lowest BCUT2D eigenvalue weighted by Gasteiger charge is -2.03. The van der Waals surface area contributed by atoms with Crippen LogP contribution in [-0.2, 0) is 9.59 Å². The Morgan fingerprint density at radius 3 is 2.29 bits per heavy atom. The molecule has 1 N–H and O–H groups in total. The summed E-state index contributed by atoms with van der Waals surface area (Å²) in [6.45, 7) is 7.49. The van der Waals surface area contributed by atoms with E-state index in [4.69, 9.17) is 0 Å². The van der Waals surface area contributed by atoms with E-state index < -0.39 is 0 Å². The maximum atomic E-state index is 11.0. The quantitative estimate of drug-likeness (QED) is 0.500. The van der Waals surface area contributed by atoms with E-state index in [0.29, 0.717) is 18.5 Å². The number of unbranched alkanes of at least 4 members (excludes halogenated alkanes) is 2. The summed E-state index contributed by atoms with van der Waals surface area (Å²) < 4.78 is 0. The van der Waals surface area contributed by atoms with Crippen molar-refractivity contribution >= 4 is 11.7 Å². The van der Waals surface area contributed by atoms with Crippen molar-refractivity contribution in [3.05, 3.63) is 12.2 Å². The monoisotopic (exact) mass is 197 g/mol. The molecule has 0 fully saturated rings. The maximum absolute atomic E-state index is 11.0. The van der Waals surface area contributed by atoms with Crippen molar-refractivity contribution in [2.75, 3.05) is 6.54 Å². The SMILES string of the molecule is C=C(C)C(=O)NCCCCCC(C)=O. The van der Waals surface area contributed by atoms with Crippen LogP contribution < -0.4 is 5.32 Å². The molecule has 14 heavy (non-hydrogen) atoms. The largest absolute Gasteiger partial charge is 0.352 e. The molecule has 0 atom stereocenters. The summed E-state index contributed by atoms with van der Waals surface area (Å²) in [5, 5.41) is 2.75. The number of carbonyl (C=O) groups is 2. The van der Waals surface area contributed by atoms with Gasteiger partial charge in [-0.25, -0.2) is 0 Å². The zero-order chi connectivity index (χ0) is 11.0. The van der Waals surface area contributed by atoms with E-state index in [0.717, 1.165) is 19.3 Å². The molecule has 0 unspecified atom stereocenters. The molecule has 0 rings (SSSR count). The van der Waals surface area contributed by atoms with Crippen molar-refractivity contribution in [1.29, 1.82) is 0 Å². The molecule has 3 nitrogen and oxygen atoms in total. The summed E-state index contributed by atoms with van der Waals surface area (Å²) in [6.07, 6.45) is 3.47. The first-order valence-electron chi connectivity index (χ1n) is 4.97. The van der Waals surface area contributed by atoms with Gasteiger partial charge < -0.3 is 10.1 Å². The third-order valence-electron chi connectivity index (χ3n) is 1.88. The third kappa shape index (κ3) is 7.53. The van der Waals surface area contributed by atoms with Gasteiger partial charge in [-0.3, -0.25) is 4.79 Å². The van der Waals surface area contributed by atoms with Gasteiger partial charge in [-0.05, 0) is 26.7 Å². The van der Waals surface area contributed by atoms with Crippen molar-refractivity contribution in [2.24, 2.45) is 0 Å². The highest BCUT2D eigenvalue weighted by atomic mass is 16.1. The Labute approximate surface area is 85.6 Å². The Balaban J connectivity index is 3.26. The number of rotatable bonds is 7. The fraction of sp³-hybridized carbons (Fsp3) is 0.636. The van der Waals surface area contributed by atoms with E-state index in [-0.39, 0.29) is 11.7 Å². The average molecular weight is 197 g/mol. The molecule has 0 heterocycles. The smallest absolute Gasteiger partial charge is 0.246 e. The summed E-state index contributed by atoms with van der Waals surface area (Å²) in [4.78, 5) is 21.6. The van der Waals surface area contributed by atoms with Crippen LogP contribution in [0.4, 0.5) is 0 Å². The maximum Gasteiger partial charge on any atom is 0.246 e. The highest BCUT2D eigenvalue weighted by molar-refractivity contribution is 5.91. The van der Waals surface area contributed by atoms with E-state index in [1.165, 1.54) is 0 Å². The topological polar surface area (TPSA) is 46.2 Å². The second-order valence-corrected chi connectivity index (χ2v) is 3.55. The standard InChI is InChI=1S/C11H19NO2/c1-9(2)11(14)12-8-6-4-5-7-10(3)13/h1,4-8H2,2-3H3,(H,12,14). The van der Waals surface area contributed by atoms with Gasteiger partial charge in [0.05, 0.1) is 0 Å². The summed E-state index contributed by atoms with van der Waals surface area (Å²) in [5.41, 5.74) is 0.536. The molecule has 0 aliphatic carbocycles. The summed E-state index contributed by atoms with van der Waals surface area (Å²) in [6, 6.07) is 0. The molecule has 80 valence electrons. The van der Waals surface area contributed by atoms with Crippen LogP contribution in [0.3, 0.4) is 0 Å². The predicted molar refractivity (Wildman–Crippen MR) is 57.0 cm³/mol. The Hall–Kier alpha value is -1.12. The van der Waals surface area contributed by atoms with Gasteiger partial charge >= 0.3 is 0 Å². The van der Waals surface area contributed by atoms with Gasteiger partial charge in [0.1, 0.15) is 5.78 Å². The molecule has 0 saturated carbocycles. The Kier molecular flexibility index (Phi) is 6.72. The normalized spacial score (nSPS) is 9.57. The number of hydrogen-bond donors (Lipinski definition) is 1. The molecule has 0 radical (unpaired) electrons.